The quantitative estimate of drug-likeness (QED) is 0.430. The van der Waals surface area contributed by atoms with Crippen LogP contribution in [-0.4, -0.2) is 16.1 Å². The topological polar surface area (TPSA) is 114 Å². The molecule has 4 aromatic rings. The van der Waals surface area contributed by atoms with Crippen molar-refractivity contribution in [3.63, 3.8) is 0 Å². The van der Waals surface area contributed by atoms with E-state index in [1.165, 1.54) is 21.8 Å². The Labute approximate surface area is 195 Å². The molecule has 0 radical (unpaired) electrons. The number of hydrogen-bond acceptors (Lipinski definition) is 6. The van der Waals surface area contributed by atoms with Gasteiger partial charge < -0.3 is 15.1 Å². The van der Waals surface area contributed by atoms with E-state index in [9.17, 15) is 14.4 Å². The molecule has 1 aliphatic rings. The highest BCUT2D eigenvalue weighted by Crippen LogP contribution is 2.30. The van der Waals surface area contributed by atoms with Crippen LogP contribution >= 0.6 is 0 Å². The molecular formula is C26H26N4O4. The van der Waals surface area contributed by atoms with Crippen molar-refractivity contribution >= 4 is 22.5 Å². The second kappa shape index (κ2) is 8.70. The first-order chi connectivity index (χ1) is 16.4. The molecule has 0 bridgehead atoms. The summed E-state index contributed by atoms with van der Waals surface area (Å²) < 4.78 is 6.85. The van der Waals surface area contributed by atoms with Gasteiger partial charge >= 0.3 is 11.3 Å². The van der Waals surface area contributed by atoms with Crippen LogP contribution in [0.5, 0.6) is 0 Å². The van der Waals surface area contributed by atoms with Crippen molar-refractivity contribution < 1.29 is 4.42 Å². The zero-order valence-electron chi connectivity index (χ0n) is 19.0. The SMILES string of the molecule is CCN(Cc1cc(=O)oc2cc3c(cc12)CCC3)c1c(N)n(Cc2ccccc2)c(=O)[nH]c1=O. The summed E-state index contributed by atoms with van der Waals surface area (Å²) in [4.78, 5) is 42.0. The van der Waals surface area contributed by atoms with Crippen molar-refractivity contribution in [2.45, 2.75) is 39.3 Å². The highest BCUT2D eigenvalue weighted by Gasteiger charge is 2.21. The lowest BCUT2D eigenvalue weighted by molar-refractivity contribution is 0.558. The molecular weight excluding hydrogens is 432 g/mol. The van der Waals surface area contributed by atoms with Crippen molar-refractivity contribution in [3.8, 4) is 0 Å². The Hall–Kier alpha value is -4.07. The number of aromatic amines is 1. The average molecular weight is 459 g/mol. The lowest BCUT2D eigenvalue weighted by atomic mass is 10.0. The van der Waals surface area contributed by atoms with E-state index in [0.29, 0.717) is 12.1 Å². The van der Waals surface area contributed by atoms with Gasteiger partial charge in [0.25, 0.3) is 5.56 Å². The Balaban J connectivity index is 1.59. The number of H-pyrrole nitrogens is 1. The van der Waals surface area contributed by atoms with E-state index >= 15 is 0 Å². The molecule has 0 fully saturated rings. The maximum absolute atomic E-state index is 12.9. The minimum atomic E-state index is -0.562. The van der Waals surface area contributed by atoms with Gasteiger partial charge in [0, 0.05) is 24.5 Å². The van der Waals surface area contributed by atoms with Crippen LogP contribution in [0, 0.1) is 0 Å². The molecule has 0 saturated heterocycles. The first kappa shape index (κ1) is 21.8. The van der Waals surface area contributed by atoms with E-state index in [1.54, 1.807) is 4.90 Å². The monoisotopic (exact) mass is 458 g/mol. The normalized spacial score (nSPS) is 12.7. The number of aromatic nitrogens is 2. The van der Waals surface area contributed by atoms with Gasteiger partial charge in [-0.1, -0.05) is 30.3 Å². The summed E-state index contributed by atoms with van der Waals surface area (Å²) in [6.45, 7) is 2.85. The molecule has 2 aromatic heterocycles. The number of aryl methyl sites for hydroxylation is 2. The Morgan fingerprint density at radius 2 is 1.79 bits per heavy atom. The maximum Gasteiger partial charge on any atom is 0.336 e. The third-order valence-corrected chi connectivity index (χ3v) is 6.50. The first-order valence-corrected chi connectivity index (χ1v) is 11.4. The fourth-order valence-electron chi connectivity index (χ4n) is 4.79. The third-order valence-electron chi connectivity index (χ3n) is 6.50. The Morgan fingerprint density at radius 3 is 2.53 bits per heavy atom. The number of anilines is 2. The number of rotatable bonds is 6. The van der Waals surface area contributed by atoms with E-state index in [2.05, 4.69) is 11.1 Å². The lowest BCUT2D eigenvalue weighted by Gasteiger charge is -2.25. The van der Waals surface area contributed by atoms with Gasteiger partial charge in [-0.25, -0.2) is 9.59 Å². The third kappa shape index (κ3) is 3.91. The second-order valence-electron chi connectivity index (χ2n) is 8.64. The van der Waals surface area contributed by atoms with E-state index in [0.717, 1.165) is 35.8 Å². The van der Waals surface area contributed by atoms with Crippen molar-refractivity contribution in [1.29, 1.82) is 0 Å². The van der Waals surface area contributed by atoms with E-state index < -0.39 is 16.9 Å². The zero-order chi connectivity index (χ0) is 23.8. The van der Waals surface area contributed by atoms with Crippen molar-refractivity contribution in [3.05, 3.63) is 102 Å². The first-order valence-electron chi connectivity index (χ1n) is 11.4. The van der Waals surface area contributed by atoms with Crippen LogP contribution in [0.4, 0.5) is 11.5 Å². The van der Waals surface area contributed by atoms with Gasteiger partial charge in [0.1, 0.15) is 17.1 Å². The number of fused-ring (bicyclic) bond motifs is 2. The van der Waals surface area contributed by atoms with E-state index in [1.807, 2.05) is 43.3 Å². The summed E-state index contributed by atoms with van der Waals surface area (Å²) in [5, 5.41) is 0.853. The molecule has 0 spiro atoms. The number of nitrogen functional groups attached to an aromatic ring is 1. The number of nitrogens with one attached hydrogen (secondary N) is 1. The highest BCUT2D eigenvalue weighted by atomic mass is 16.4. The summed E-state index contributed by atoms with van der Waals surface area (Å²) in [7, 11) is 0. The number of hydrogen-bond donors (Lipinski definition) is 2. The minimum Gasteiger partial charge on any atom is -0.423 e. The Kier molecular flexibility index (Phi) is 5.57. The molecule has 0 amide bonds. The van der Waals surface area contributed by atoms with Crippen LogP contribution in [0.2, 0.25) is 0 Å². The summed E-state index contributed by atoms with van der Waals surface area (Å²) in [5.74, 6) is 0.0904. The number of nitrogens with two attached hydrogens (primary N) is 1. The molecule has 0 aliphatic heterocycles. The fourth-order valence-corrected chi connectivity index (χ4v) is 4.79. The van der Waals surface area contributed by atoms with E-state index in [4.69, 9.17) is 10.2 Å². The Bertz CT molecular complexity index is 1550. The maximum atomic E-state index is 12.9. The number of benzene rings is 2. The van der Waals surface area contributed by atoms with Crippen molar-refractivity contribution in [2.75, 3.05) is 17.2 Å². The van der Waals surface area contributed by atoms with Crippen molar-refractivity contribution in [1.82, 2.24) is 9.55 Å². The van der Waals surface area contributed by atoms with Crippen LogP contribution in [0.3, 0.4) is 0 Å². The molecule has 0 atom stereocenters. The van der Waals surface area contributed by atoms with Gasteiger partial charge in [0.15, 0.2) is 0 Å². The molecule has 5 rings (SSSR count). The van der Waals surface area contributed by atoms with Gasteiger partial charge in [-0.2, -0.15) is 0 Å². The van der Waals surface area contributed by atoms with Gasteiger partial charge in [-0.05, 0) is 60.6 Å². The highest BCUT2D eigenvalue weighted by molar-refractivity contribution is 5.83. The van der Waals surface area contributed by atoms with Gasteiger partial charge in [0.2, 0.25) is 0 Å². The molecule has 8 heteroatoms. The Morgan fingerprint density at radius 1 is 1.06 bits per heavy atom. The van der Waals surface area contributed by atoms with Gasteiger partial charge in [-0.3, -0.25) is 14.3 Å². The van der Waals surface area contributed by atoms with Gasteiger partial charge in [0.05, 0.1) is 6.54 Å². The predicted molar refractivity (Wildman–Crippen MR) is 133 cm³/mol. The van der Waals surface area contributed by atoms with Gasteiger partial charge in [-0.15, -0.1) is 0 Å². The fraction of sp³-hybridized carbons (Fsp3) is 0.269. The predicted octanol–water partition coefficient (Wildman–Crippen LogP) is 2.79. The smallest absolute Gasteiger partial charge is 0.336 e. The minimum absolute atomic E-state index is 0.0904. The van der Waals surface area contributed by atoms with Crippen LogP contribution < -0.4 is 27.5 Å². The molecule has 34 heavy (non-hydrogen) atoms. The van der Waals surface area contributed by atoms with Crippen LogP contribution in [0.25, 0.3) is 11.0 Å². The summed E-state index contributed by atoms with van der Waals surface area (Å²) in [6.07, 6.45) is 3.06. The molecule has 3 N–H and O–H groups in total. The average Bonchev–Trinajstić information content (AvgIpc) is 3.27. The summed E-state index contributed by atoms with van der Waals surface area (Å²) in [6, 6.07) is 15.0. The molecule has 0 unspecified atom stereocenters. The van der Waals surface area contributed by atoms with Crippen LogP contribution in [0.15, 0.2) is 67.3 Å². The second-order valence-corrected chi connectivity index (χ2v) is 8.64. The molecule has 8 nitrogen and oxygen atoms in total. The largest absolute Gasteiger partial charge is 0.423 e. The van der Waals surface area contributed by atoms with Crippen molar-refractivity contribution in [2.24, 2.45) is 0 Å². The summed E-state index contributed by atoms with van der Waals surface area (Å²) in [5.41, 5.74) is 9.73. The standard InChI is InChI=1S/C26H26N4O4/c1-2-29(15-19-13-22(31)34-21-12-18-10-6-9-17(18)11-20(19)21)23-24(27)30(26(33)28-25(23)32)14-16-7-4-3-5-8-16/h3-5,7-8,11-13H,2,6,9-10,14-15,27H2,1H3,(H,28,32,33). The van der Waals surface area contributed by atoms with Crippen LogP contribution in [-0.2, 0) is 25.9 Å². The lowest BCUT2D eigenvalue weighted by Crippen LogP contribution is -2.38. The molecule has 0 saturated carbocycles. The van der Waals surface area contributed by atoms with Crippen LogP contribution in [0.1, 0.15) is 35.6 Å². The van der Waals surface area contributed by atoms with E-state index in [-0.39, 0.29) is 24.6 Å². The molecule has 1 aliphatic carbocycles. The zero-order valence-corrected chi connectivity index (χ0v) is 19.0. The molecule has 2 heterocycles. The number of nitrogens with zero attached hydrogens (tertiary/aromatic N) is 2. The summed E-state index contributed by atoms with van der Waals surface area (Å²) >= 11 is 0. The molecule has 174 valence electrons. The molecule has 2 aromatic carbocycles.